The molecule has 3 aliphatic carbocycles. The van der Waals surface area contributed by atoms with Crippen LogP contribution < -0.4 is 0 Å². The Morgan fingerprint density at radius 2 is 0.797 bits per heavy atom. The highest BCUT2D eigenvalue weighted by molar-refractivity contribution is 6.13. The van der Waals surface area contributed by atoms with Gasteiger partial charge in [-0.1, -0.05) is 218 Å². The number of aromatic nitrogens is 2. The first kappa shape index (κ1) is 38.2. The molecule has 0 unspecified atom stereocenters. The smallest absolute Gasteiger partial charge is 0.160 e. The van der Waals surface area contributed by atoms with Gasteiger partial charge in [0.2, 0.25) is 0 Å². The monoisotopic (exact) mass is 876 g/mol. The Bertz CT molecular complexity index is 3940. The molecule has 0 bridgehead atoms. The molecule has 3 aliphatic rings. The minimum atomic E-state index is -0.682. The lowest BCUT2D eigenvalue weighted by Crippen LogP contribution is -2.43. The number of rotatable bonds is 4. The summed E-state index contributed by atoms with van der Waals surface area (Å²) in [5.74, 6) is 0.700. The first-order valence-electron chi connectivity index (χ1n) is 23.8. The molecule has 0 fully saturated rings. The Kier molecular flexibility index (Phi) is 7.92. The Hall–Kier alpha value is -8.92. The molecule has 3 nitrogen and oxygen atoms in total. The molecule has 2 heterocycles. The van der Waals surface area contributed by atoms with Gasteiger partial charge in [0, 0.05) is 33.0 Å². The fourth-order valence-electron chi connectivity index (χ4n) is 12.7. The van der Waals surface area contributed by atoms with Gasteiger partial charge in [0.05, 0.1) is 22.2 Å². The number of benzene rings is 10. The summed E-state index contributed by atoms with van der Waals surface area (Å²) in [6.45, 7) is 0. The molecule has 0 N–H and O–H groups in total. The summed E-state index contributed by atoms with van der Waals surface area (Å²) in [6.07, 6.45) is 0. The third kappa shape index (κ3) is 5.11. The van der Waals surface area contributed by atoms with Gasteiger partial charge in [0.1, 0.15) is 11.2 Å². The molecule has 69 heavy (non-hydrogen) atoms. The van der Waals surface area contributed by atoms with E-state index >= 15 is 0 Å². The molecule has 3 heteroatoms. The molecule has 15 rings (SSSR count). The Morgan fingerprint density at radius 1 is 0.290 bits per heavy atom. The van der Waals surface area contributed by atoms with Gasteiger partial charge in [-0.3, -0.25) is 0 Å². The quantitative estimate of drug-likeness (QED) is 0.177. The number of nitrogens with zero attached hydrogens (tertiary/aromatic N) is 2. The standard InChI is InChI=1S/C66H40N2O/c1-3-18-41(19-4-1)59-40-60(68-64(67-59)42-20-5-2-6-21-42)45-23-17-22-43(38-45)44-34-35-50-58(39-44)66(57-37-36-49-48-26-9-16-33-61(48)69-63(49)62(50)57)55-31-14-12-29-53(55)65(54-30-13-15-32-56(54)66)51-27-10-7-24-46(51)47-25-8-11-28-52(47)65/h1-40H. The van der Waals surface area contributed by atoms with Crippen LogP contribution in [0.3, 0.4) is 0 Å². The van der Waals surface area contributed by atoms with E-state index in [0.717, 1.165) is 66.7 Å². The van der Waals surface area contributed by atoms with Crippen LogP contribution >= 0.6 is 0 Å². The molecule has 0 amide bonds. The zero-order valence-corrected chi connectivity index (χ0v) is 37.4. The summed E-state index contributed by atoms with van der Waals surface area (Å²) < 4.78 is 7.00. The zero-order valence-electron chi connectivity index (χ0n) is 37.4. The van der Waals surface area contributed by atoms with Crippen LogP contribution in [0.25, 0.3) is 89.2 Å². The lowest BCUT2D eigenvalue weighted by Gasteiger charge is -2.48. The van der Waals surface area contributed by atoms with E-state index in [0.29, 0.717) is 5.82 Å². The molecule has 12 aromatic rings. The predicted molar refractivity (Wildman–Crippen MR) is 279 cm³/mol. The average Bonchev–Trinajstić information content (AvgIpc) is 4.06. The SMILES string of the molecule is c1ccc(-c2cc(-c3cccc(-c4ccc5c(c4)C4(c6ccccc6C6(c7ccccc7-c7ccccc76)c6ccccc64)c4ccc6c(oc7ccccc76)c4-5)c3)nc(-c3ccccc3)n2)cc1. The first-order chi connectivity index (χ1) is 34.2. The van der Waals surface area contributed by atoms with Gasteiger partial charge in [-0.25, -0.2) is 9.97 Å². The van der Waals surface area contributed by atoms with Crippen molar-refractivity contribution in [3.63, 3.8) is 0 Å². The fourth-order valence-corrected chi connectivity index (χ4v) is 12.7. The van der Waals surface area contributed by atoms with Crippen molar-refractivity contribution in [2.45, 2.75) is 10.8 Å². The van der Waals surface area contributed by atoms with E-state index in [9.17, 15) is 0 Å². The topological polar surface area (TPSA) is 38.9 Å². The van der Waals surface area contributed by atoms with Crippen molar-refractivity contribution < 1.29 is 4.42 Å². The number of hydrogen-bond acceptors (Lipinski definition) is 3. The predicted octanol–water partition coefficient (Wildman–Crippen LogP) is 16.1. The van der Waals surface area contributed by atoms with Gasteiger partial charge in [0.15, 0.2) is 5.82 Å². The minimum absolute atomic E-state index is 0.529. The normalized spacial score (nSPS) is 14.0. The van der Waals surface area contributed by atoms with Gasteiger partial charge in [-0.05, 0) is 96.6 Å². The maximum atomic E-state index is 7.00. The van der Waals surface area contributed by atoms with Crippen molar-refractivity contribution in [1.82, 2.24) is 9.97 Å². The Labute approximate surface area is 399 Å². The maximum Gasteiger partial charge on any atom is 0.160 e. The first-order valence-corrected chi connectivity index (χ1v) is 23.8. The molecule has 0 saturated heterocycles. The van der Waals surface area contributed by atoms with Gasteiger partial charge >= 0.3 is 0 Å². The minimum Gasteiger partial charge on any atom is -0.455 e. The van der Waals surface area contributed by atoms with Crippen molar-refractivity contribution in [2.75, 3.05) is 0 Å². The average molecular weight is 877 g/mol. The van der Waals surface area contributed by atoms with E-state index in [-0.39, 0.29) is 0 Å². The molecule has 0 saturated carbocycles. The Balaban J connectivity index is 1.00. The third-order valence-corrected chi connectivity index (χ3v) is 15.4. The number of fused-ring (bicyclic) bond motifs is 20. The second-order valence-electron chi connectivity index (χ2n) is 18.7. The Morgan fingerprint density at radius 3 is 1.46 bits per heavy atom. The fraction of sp³-hybridized carbons (Fsp3) is 0.0303. The van der Waals surface area contributed by atoms with E-state index in [1.807, 2.05) is 24.3 Å². The highest BCUT2D eigenvalue weighted by Crippen LogP contribution is 2.68. The molecule has 0 radical (unpaired) electrons. The van der Waals surface area contributed by atoms with Crippen molar-refractivity contribution in [2.24, 2.45) is 0 Å². The maximum absolute atomic E-state index is 7.00. The highest BCUT2D eigenvalue weighted by Gasteiger charge is 2.59. The molecular weight excluding hydrogens is 837 g/mol. The summed E-state index contributed by atoms with van der Waals surface area (Å²) in [5, 5.41) is 2.26. The summed E-state index contributed by atoms with van der Waals surface area (Å²) in [5.41, 5.74) is 23.0. The van der Waals surface area contributed by atoms with Crippen LogP contribution in [-0.4, -0.2) is 9.97 Å². The van der Waals surface area contributed by atoms with Crippen LogP contribution in [0.2, 0.25) is 0 Å². The molecule has 2 aromatic heterocycles. The van der Waals surface area contributed by atoms with E-state index in [1.54, 1.807) is 0 Å². The van der Waals surface area contributed by atoms with Crippen molar-refractivity contribution in [3.8, 4) is 67.3 Å². The van der Waals surface area contributed by atoms with Crippen LogP contribution in [0, 0.1) is 0 Å². The molecule has 0 aliphatic heterocycles. The number of furan rings is 1. The second kappa shape index (κ2) is 14.3. The highest BCUT2D eigenvalue weighted by atomic mass is 16.3. The number of para-hydroxylation sites is 1. The van der Waals surface area contributed by atoms with Crippen LogP contribution in [0.1, 0.15) is 44.5 Å². The molecule has 320 valence electrons. The lowest BCUT2D eigenvalue weighted by molar-refractivity contribution is 0.631. The largest absolute Gasteiger partial charge is 0.455 e. The van der Waals surface area contributed by atoms with Gasteiger partial charge < -0.3 is 4.42 Å². The molecule has 2 spiro atoms. The van der Waals surface area contributed by atoms with E-state index in [1.165, 1.54) is 61.2 Å². The molecular formula is C66H40N2O. The summed E-state index contributed by atoms with van der Waals surface area (Å²) in [7, 11) is 0. The van der Waals surface area contributed by atoms with Crippen LogP contribution in [0.15, 0.2) is 247 Å². The summed E-state index contributed by atoms with van der Waals surface area (Å²) in [6, 6.07) is 88.7. The van der Waals surface area contributed by atoms with Crippen LogP contribution in [0.5, 0.6) is 0 Å². The van der Waals surface area contributed by atoms with Crippen LogP contribution in [0.4, 0.5) is 0 Å². The summed E-state index contributed by atoms with van der Waals surface area (Å²) >= 11 is 0. The van der Waals surface area contributed by atoms with Gasteiger partial charge in [-0.2, -0.15) is 0 Å². The third-order valence-electron chi connectivity index (χ3n) is 15.4. The van der Waals surface area contributed by atoms with Crippen LogP contribution in [-0.2, 0) is 10.8 Å². The van der Waals surface area contributed by atoms with E-state index in [2.05, 4.69) is 218 Å². The van der Waals surface area contributed by atoms with Gasteiger partial charge in [0.25, 0.3) is 0 Å². The van der Waals surface area contributed by atoms with E-state index < -0.39 is 10.8 Å². The van der Waals surface area contributed by atoms with Crippen molar-refractivity contribution in [1.29, 1.82) is 0 Å². The lowest BCUT2D eigenvalue weighted by atomic mass is 9.52. The van der Waals surface area contributed by atoms with Crippen molar-refractivity contribution >= 4 is 21.9 Å². The van der Waals surface area contributed by atoms with Gasteiger partial charge in [-0.15, -0.1) is 0 Å². The zero-order chi connectivity index (χ0) is 45.3. The second-order valence-corrected chi connectivity index (χ2v) is 18.7. The molecule has 0 atom stereocenters. The summed E-state index contributed by atoms with van der Waals surface area (Å²) in [4.78, 5) is 10.3. The van der Waals surface area contributed by atoms with Crippen molar-refractivity contribution in [3.05, 3.63) is 287 Å². The molecule has 10 aromatic carbocycles. The number of hydrogen-bond donors (Lipinski definition) is 0. The van der Waals surface area contributed by atoms with E-state index in [4.69, 9.17) is 14.4 Å².